The maximum absolute atomic E-state index is 12.2. The summed E-state index contributed by atoms with van der Waals surface area (Å²) in [5, 5.41) is 12.7. The topological polar surface area (TPSA) is 52.6 Å². The molecule has 20 heavy (non-hydrogen) atoms. The molecule has 1 aromatic carbocycles. The van der Waals surface area contributed by atoms with Crippen molar-refractivity contribution in [1.82, 2.24) is 10.2 Å². The lowest BCUT2D eigenvalue weighted by atomic mass is 9.94. The Hall–Kier alpha value is -1.55. The lowest BCUT2D eigenvalue weighted by molar-refractivity contribution is -0.132. The molecule has 1 aliphatic rings. The zero-order chi connectivity index (χ0) is 14.5. The normalized spacial score (nSPS) is 17.0. The van der Waals surface area contributed by atoms with Gasteiger partial charge in [0.15, 0.2) is 0 Å². The van der Waals surface area contributed by atoms with Gasteiger partial charge in [-0.15, -0.1) is 0 Å². The highest BCUT2D eigenvalue weighted by Gasteiger charge is 2.19. The second-order valence-corrected chi connectivity index (χ2v) is 5.75. The fourth-order valence-corrected chi connectivity index (χ4v) is 2.70. The Balaban J connectivity index is 1.88. The van der Waals surface area contributed by atoms with E-state index in [1.807, 2.05) is 17.9 Å². The van der Waals surface area contributed by atoms with Gasteiger partial charge >= 0.3 is 0 Å². The Morgan fingerprint density at radius 1 is 1.40 bits per heavy atom. The Labute approximate surface area is 120 Å². The molecule has 1 amide bonds. The number of phenols is 1. The number of hydrogen-bond acceptors (Lipinski definition) is 3. The van der Waals surface area contributed by atoms with Crippen LogP contribution in [-0.2, 0) is 11.2 Å². The molecule has 0 radical (unpaired) electrons. The molecule has 2 N–H and O–H groups in total. The van der Waals surface area contributed by atoms with Crippen LogP contribution in [0.15, 0.2) is 18.2 Å². The minimum Gasteiger partial charge on any atom is -0.508 e. The van der Waals surface area contributed by atoms with E-state index >= 15 is 0 Å². The molecule has 2 rings (SSSR count). The molecule has 0 aromatic heterocycles. The number of hydrogen-bond donors (Lipinski definition) is 2. The summed E-state index contributed by atoms with van der Waals surface area (Å²) in [6, 6.07) is 5.45. The second-order valence-electron chi connectivity index (χ2n) is 5.75. The predicted molar refractivity (Wildman–Crippen MR) is 79.8 cm³/mol. The molecule has 1 heterocycles. The Morgan fingerprint density at radius 3 is 2.75 bits per heavy atom. The Morgan fingerprint density at radius 2 is 2.10 bits per heavy atom. The van der Waals surface area contributed by atoms with Gasteiger partial charge in [0, 0.05) is 32.6 Å². The molecule has 4 heteroatoms. The zero-order valence-electron chi connectivity index (χ0n) is 12.4. The smallest absolute Gasteiger partial charge is 0.222 e. The van der Waals surface area contributed by atoms with Gasteiger partial charge in [0.1, 0.15) is 5.75 Å². The van der Waals surface area contributed by atoms with E-state index < -0.39 is 0 Å². The van der Waals surface area contributed by atoms with Crippen LogP contribution in [0.4, 0.5) is 0 Å². The van der Waals surface area contributed by atoms with E-state index in [-0.39, 0.29) is 5.91 Å². The largest absolute Gasteiger partial charge is 0.508 e. The summed E-state index contributed by atoms with van der Waals surface area (Å²) < 4.78 is 0. The van der Waals surface area contributed by atoms with Crippen LogP contribution < -0.4 is 5.32 Å². The lowest BCUT2D eigenvalue weighted by Crippen LogP contribution is -2.46. The van der Waals surface area contributed by atoms with Crippen molar-refractivity contribution in [2.45, 2.75) is 26.7 Å². The van der Waals surface area contributed by atoms with Crippen LogP contribution in [0.25, 0.3) is 0 Å². The van der Waals surface area contributed by atoms with E-state index in [1.165, 1.54) is 5.56 Å². The summed E-state index contributed by atoms with van der Waals surface area (Å²) in [5.41, 5.74) is 2.30. The van der Waals surface area contributed by atoms with Gasteiger partial charge in [0.05, 0.1) is 0 Å². The minimum atomic E-state index is 0.260. The van der Waals surface area contributed by atoms with Crippen molar-refractivity contribution in [2.24, 2.45) is 5.92 Å². The number of amides is 1. The number of nitrogens with one attached hydrogen (secondary N) is 1. The van der Waals surface area contributed by atoms with Crippen LogP contribution >= 0.6 is 0 Å². The van der Waals surface area contributed by atoms with Crippen molar-refractivity contribution >= 4 is 5.91 Å². The third-order valence-corrected chi connectivity index (χ3v) is 3.89. The van der Waals surface area contributed by atoms with Crippen LogP contribution in [0.1, 0.15) is 24.5 Å². The summed E-state index contributed by atoms with van der Waals surface area (Å²) in [6.45, 7) is 7.56. The molecular weight excluding hydrogens is 252 g/mol. The average Bonchev–Trinajstić information content (AvgIpc) is 2.43. The Bertz CT molecular complexity index is 468. The molecule has 1 aliphatic heterocycles. The number of carbonyl (C=O) groups excluding carboxylic acids is 1. The number of nitrogens with zero attached hydrogens (tertiary/aromatic N) is 1. The number of aryl methyl sites for hydroxylation is 1. The third-order valence-electron chi connectivity index (χ3n) is 3.89. The van der Waals surface area contributed by atoms with E-state index in [2.05, 4.69) is 12.2 Å². The molecule has 1 atom stereocenters. The maximum atomic E-state index is 12.2. The first-order chi connectivity index (χ1) is 9.56. The van der Waals surface area contributed by atoms with E-state index in [0.29, 0.717) is 18.1 Å². The maximum Gasteiger partial charge on any atom is 0.222 e. The van der Waals surface area contributed by atoms with Gasteiger partial charge in [-0.3, -0.25) is 4.79 Å². The van der Waals surface area contributed by atoms with E-state index in [0.717, 1.165) is 38.2 Å². The molecule has 110 valence electrons. The van der Waals surface area contributed by atoms with E-state index in [9.17, 15) is 9.90 Å². The van der Waals surface area contributed by atoms with Gasteiger partial charge in [-0.05, 0) is 42.5 Å². The van der Waals surface area contributed by atoms with Gasteiger partial charge in [0.25, 0.3) is 0 Å². The zero-order valence-corrected chi connectivity index (χ0v) is 12.4. The monoisotopic (exact) mass is 276 g/mol. The number of benzene rings is 1. The third kappa shape index (κ3) is 3.97. The fourth-order valence-electron chi connectivity index (χ4n) is 2.70. The molecular formula is C16H24N2O2. The van der Waals surface area contributed by atoms with Crippen LogP contribution in [0, 0.1) is 12.8 Å². The molecule has 0 bridgehead atoms. The molecule has 1 fully saturated rings. The molecule has 1 unspecified atom stereocenters. The summed E-state index contributed by atoms with van der Waals surface area (Å²) >= 11 is 0. The van der Waals surface area contributed by atoms with Crippen LogP contribution in [0.3, 0.4) is 0 Å². The average molecular weight is 276 g/mol. The highest BCUT2D eigenvalue weighted by molar-refractivity contribution is 5.76. The van der Waals surface area contributed by atoms with Gasteiger partial charge < -0.3 is 15.3 Å². The quantitative estimate of drug-likeness (QED) is 0.880. The molecule has 1 saturated heterocycles. The van der Waals surface area contributed by atoms with Crippen molar-refractivity contribution in [1.29, 1.82) is 0 Å². The molecule has 1 aromatic rings. The highest BCUT2D eigenvalue weighted by Crippen LogP contribution is 2.20. The number of phenolic OH excluding ortho intramolecular Hbond substituents is 1. The van der Waals surface area contributed by atoms with Crippen molar-refractivity contribution in [3.63, 3.8) is 0 Å². The summed E-state index contributed by atoms with van der Waals surface area (Å²) in [6.07, 6.45) is 1.48. The van der Waals surface area contributed by atoms with Gasteiger partial charge in [0.2, 0.25) is 5.91 Å². The molecule has 0 saturated carbocycles. The van der Waals surface area contributed by atoms with Crippen molar-refractivity contribution in [2.75, 3.05) is 26.2 Å². The second kappa shape index (κ2) is 6.75. The van der Waals surface area contributed by atoms with Crippen molar-refractivity contribution in [3.8, 4) is 5.75 Å². The summed E-state index contributed by atoms with van der Waals surface area (Å²) in [4.78, 5) is 14.2. The lowest BCUT2D eigenvalue weighted by Gasteiger charge is -2.28. The minimum absolute atomic E-state index is 0.260. The van der Waals surface area contributed by atoms with E-state index in [4.69, 9.17) is 0 Å². The van der Waals surface area contributed by atoms with E-state index in [1.54, 1.807) is 12.1 Å². The first-order valence-corrected chi connectivity index (χ1v) is 7.33. The standard InChI is InChI=1S/C16H24N2O2/c1-12(9-14-3-4-15(19)11-13(14)2)10-16(20)18-7-5-17-6-8-18/h3-4,11-12,17,19H,5-10H2,1-2H3. The number of rotatable bonds is 4. The van der Waals surface area contributed by atoms with Crippen molar-refractivity contribution < 1.29 is 9.90 Å². The van der Waals surface area contributed by atoms with Crippen LogP contribution in [0.2, 0.25) is 0 Å². The molecule has 4 nitrogen and oxygen atoms in total. The fraction of sp³-hybridized carbons (Fsp3) is 0.562. The predicted octanol–water partition coefficient (Wildman–Crippen LogP) is 1.70. The van der Waals surface area contributed by atoms with Crippen molar-refractivity contribution in [3.05, 3.63) is 29.3 Å². The SMILES string of the molecule is Cc1cc(O)ccc1CC(C)CC(=O)N1CCNCC1. The van der Waals surface area contributed by atoms with Crippen LogP contribution in [-0.4, -0.2) is 42.1 Å². The first kappa shape index (κ1) is 14.9. The summed E-state index contributed by atoms with van der Waals surface area (Å²) in [7, 11) is 0. The molecule has 0 aliphatic carbocycles. The van der Waals surface area contributed by atoms with Gasteiger partial charge in [-0.1, -0.05) is 13.0 Å². The Kier molecular flexibility index (Phi) is 5.01. The number of aromatic hydroxyl groups is 1. The number of piperazine rings is 1. The first-order valence-electron chi connectivity index (χ1n) is 7.33. The molecule has 0 spiro atoms. The van der Waals surface area contributed by atoms with Gasteiger partial charge in [-0.25, -0.2) is 0 Å². The van der Waals surface area contributed by atoms with Gasteiger partial charge in [-0.2, -0.15) is 0 Å². The summed E-state index contributed by atoms with van der Waals surface area (Å²) in [5.74, 6) is 0.881. The highest BCUT2D eigenvalue weighted by atomic mass is 16.3. The van der Waals surface area contributed by atoms with Crippen LogP contribution in [0.5, 0.6) is 5.75 Å². The number of carbonyl (C=O) groups is 1.